The molecule has 33 heavy (non-hydrogen) atoms. The van der Waals surface area contributed by atoms with Gasteiger partial charge in [0.1, 0.15) is 17.3 Å². The lowest BCUT2D eigenvalue weighted by Gasteiger charge is -2.08. The number of nitrogens with one attached hydrogen (secondary N) is 1. The molecule has 0 aliphatic rings. The van der Waals surface area contributed by atoms with Crippen molar-refractivity contribution in [2.24, 2.45) is 7.05 Å². The van der Waals surface area contributed by atoms with Gasteiger partial charge in [-0.2, -0.15) is 5.10 Å². The predicted molar refractivity (Wildman–Crippen MR) is 124 cm³/mol. The zero-order chi connectivity index (χ0) is 23.5. The lowest BCUT2D eigenvalue weighted by Crippen LogP contribution is -2.15. The Labute approximate surface area is 197 Å². The van der Waals surface area contributed by atoms with Crippen molar-refractivity contribution in [2.45, 2.75) is 18.6 Å². The van der Waals surface area contributed by atoms with Gasteiger partial charge in [-0.15, -0.1) is 10.2 Å². The highest BCUT2D eigenvalue weighted by Gasteiger charge is 2.21. The SMILES string of the molecule is CCn1c(SCC(=O)Nc2ccc(Cl)cc2F)nnc1-c1cn(C)nc1-c1ccc(F)cc1. The first kappa shape index (κ1) is 22.9. The first-order valence-electron chi connectivity index (χ1n) is 9.96. The molecule has 4 rings (SSSR count). The number of hydrogen-bond donors (Lipinski definition) is 1. The third kappa shape index (κ3) is 5.07. The number of nitrogens with zero attached hydrogens (tertiary/aromatic N) is 5. The third-order valence-corrected chi connectivity index (χ3v) is 5.96. The number of rotatable bonds is 7. The summed E-state index contributed by atoms with van der Waals surface area (Å²) < 4.78 is 30.8. The molecular formula is C22H19ClF2N6OS. The molecule has 0 atom stereocenters. The van der Waals surface area contributed by atoms with E-state index in [4.69, 9.17) is 11.6 Å². The molecule has 7 nitrogen and oxygen atoms in total. The highest BCUT2D eigenvalue weighted by molar-refractivity contribution is 7.99. The Morgan fingerprint density at radius 3 is 2.61 bits per heavy atom. The fraction of sp³-hybridized carbons (Fsp3) is 0.182. The minimum atomic E-state index is -0.607. The number of hydrogen-bond acceptors (Lipinski definition) is 5. The Morgan fingerprint density at radius 1 is 1.15 bits per heavy atom. The molecule has 0 saturated heterocycles. The summed E-state index contributed by atoms with van der Waals surface area (Å²) in [7, 11) is 1.79. The normalized spacial score (nSPS) is 11.1. The average Bonchev–Trinajstić information content (AvgIpc) is 3.37. The number of thioether (sulfide) groups is 1. The topological polar surface area (TPSA) is 77.6 Å². The predicted octanol–water partition coefficient (Wildman–Crippen LogP) is 5.03. The molecule has 4 aromatic rings. The van der Waals surface area contributed by atoms with Crippen molar-refractivity contribution in [3.63, 3.8) is 0 Å². The molecule has 0 spiro atoms. The number of amides is 1. The maximum Gasteiger partial charge on any atom is 0.234 e. The first-order valence-corrected chi connectivity index (χ1v) is 11.3. The van der Waals surface area contributed by atoms with Crippen LogP contribution in [0.1, 0.15) is 6.92 Å². The molecule has 0 aliphatic heterocycles. The van der Waals surface area contributed by atoms with Crippen molar-refractivity contribution in [3.8, 4) is 22.6 Å². The quantitative estimate of drug-likeness (QED) is 0.369. The number of carbonyl (C=O) groups excluding carboxylic acids is 1. The van der Waals surface area contributed by atoms with Gasteiger partial charge in [0.2, 0.25) is 5.91 Å². The molecular weight excluding hydrogens is 470 g/mol. The number of anilines is 1. The van der Waals surface area contributed by atoms with Crippen LogP contribution in [0.25, 0.3) is 22.6 Å². The standard InChI is InChI=1S/C22H19ClF2N6OS/c1-3-31-21(16-11-30(2)29-20(16)13-4-7-15(24)8-5-13)27-28-22(31)33-12-19(32)26-18-9-6-14(23)10-17(18)25/h4-11H,3,12H2,1-2H3,(H,26,32). The molecule has 0 unspecified atom stereocenters. The van der Waals surface area contributed by atoms with Gasteiger partial charge in [0.15, 0.2) is 11.0 Å². The largest absolute Gasteiger partial charge is 0.323 e. The molecule has 0 radical (unpaired) electrons. The van der Waals surface area contributed by atoms with E-state index in [0.717, 1.165) is 17.2 Å². The maximum atomic E-state index is 13.9. The van der Waals surface area contributed by atoms with Gasteiger partial charge in [-0.05, 0) is 49.4 Å². The van der Waals surface area contributed by atoms with Crippen molar-refractivity contribution in [3.05, 3.63) is 65.3 Å². The second kappa shape index (κ2) is 9.72. The van der Waals surface area contributed by atoms with Crippen LogP contribution in [0.15, 0.2) is 53.8 Å². The average molecular weight is 489 g/mol. The summed E-state index contributed by atoms with van der Waals surface area (Å²) in [6.45, 7) is 2.49. The number of halogens is 3. The monoisotopic (exact) mass is 488 g/mol. The molecule has 2 aromatic heterocycles. The van der Waals surface area contributed by atoms with E-state index in [1.165, 1.54) is 36.0 Å². The fourth-order valence-electron chi connectivity index (χ4n) is 3.26. The third-order valence-electron chi connectivity index (χ3n) is 4.76. The fourth-order valence-corrected chi connectivity index (χ4v) is 4.22. The molecule has 0 aliphatic carbocycles. The van der Waals surface area contributed by atoms with Gasteiger partial charge in [-0.1, -0.05) is 23.4 Å². The smallest absolute Gasteiger partial charge is 0.234 e. The lowest BCUT2D eigenvalue weighted by molar-refractivity contribution is -0.113. The number of aromatic nitrogens is 5. The summed E-state index contributed by atoms with van der Waals surface area (Å²) in [6.07, 6.45) is 1.82. The summed E-state index contributed by atoms with van der Waals surface area (Å²) in [5.41, 5.74) is 2.18. The molecule has 1 N–H and O–H groups in total. The summed E-state index contributed by atoms with van der Waals surface area (Å²) in [4.78, 5) is 12.3. The van der Waals surface area contributed by atoms with E-state index in [1.807, 2.05) is 17.7 Å². The van der Waals surface area contributed by atoms with Crippen LogP contribution in [0.5, 0.6) is 0 Å². The summed E-state index contributed by atoms with van der Waals surface area (Å²) >= 11 is 6.93. The number of aryl methyl sites for hydroxylation is 1. The maximum absolute atomic E-state index is 13.9. The Hall–Kier alpha value is -3.24. The molecule has 0 bridgehead atoms. The lowest BCUT2D eigenvalue weighted by atomic mass is 10.1. The molecule has 0 saturated carbocycles. The molecule has 2 heterocycles. The Morgan fingerprint density at radius 2 is 1.91 bits per heavy atom. The van der Waals surface area contributed by atoms with Crippen molar-refractivity contribution in [1.82, 2.24) is 24.5 Å². The van der Waals surface area contributed by atoms with E-state index in [0.29, 0.717) is 23.2 Å². The number of carbonyl (C=O) groups is 1. The van der Waals surface area contributed by atoms with Crippen molar-refractivity contribution >= 4 is 35.0 Å². The Bertz CT molecular complexity index is 1300. The van der Waals surface area contributed by atoms with Gasteiger partial charge in [-0.25, -0.2) is 8.78 Å². The van der Waals surface area contributed by atoms with E-state index < -0.39 is 5.82 Å². The van der Waals surface area contributed by atoms with E-state index in [2.05, 4.69) is 20.6 Å². The minimum Gasteiger partial charge on any atom is -0.323 e. The first-order chi connectivity index (χ1) is 15.9. The Balaban J connectivity index is 1.54. The number of benzene rings is 2. The van der Waals surface area contributed by atoms with Crippen LogP contribution in [-0.2, 0) is 18.4 Å². The van der Waals surface area contributed by atoms with E-state index in [1.54, 1.807) is 23.9 Å². The van der Waals surface area contributed by atoms with Crippen LogP contribution in [0.4, 0.5) is 14.5 Å². The molecule has 1 amide bonds. The van der Waals surface area contributed by atoms with Crippen molar-refractivity contribution in [2.75, 3.05) is 11.1 Å². The van der Waals surface area contributed by atoms with Gasteiger partial charge < -0.3 is 9.88 Å². The zero-order valence-electron chi connectivity index (χ0n) is 17.7. The van der Waals surface area contributed by atoms with Crippen LogP contribution in [0.3, 0.4) is 0 Å². The summed E-state index contributed by atoms with van der Waals surface area (Å²) in [5, 5.41) is 16.4. The van der Waals surface area contributed by atoms with E-state index >= 15 is 0 Å². The summed E-state index contributed by atoms with van der Waals surface area (Å²) in [5.74, 6) is -0.732. The van der Waals surface area contributed by atoms with Crippen LogP contribution < -0.4 is 5.32 Å². The van der Waals surface area contributed by atoms with Crippen LogP contribution in [0.2, 0.25) is 5.02 Å². The van der Waals surface area contributed by atoms with E-state index in [-0.39, 0.29) is 28.2 Å². The van der Waals surface area contributed by atoms with Crippen LogP contribution >= 0.6 is 23.4 Å². The second-order valence-corrected chi connectivity index (χ2v) is 8.46. The Kier molecular flexibility index (Phi) is 6.75. The van der Waals surface area contributed by atoms with Gasteiger partial charge in [0, 0.05) is 30.4 Å². The van der Waals surface area contributed by atoms with Crippen LogP contribution in [0, 0.1) is 11.6 Å². The minimum absolute atomic E-state index is 0.0120. The molecule has 11 heteroatoms. The molecule has 0 fully saturated rings. The second-order valence-electron chi connectivity index (χ2n) is 7.08. The zero-order valence-corrected chi connectivity index (χ0v) is 19.3. The van der Waals surface area contributed by atoms with Gasteiger partial charge >= 0.3 is 0 Å². The highest BCUT2D eigenvalue weighted by Crippen LogP contribution is 2.32. The van der Waals surface area contributed by atoms with Gasteiger partial charge in [-0.3, -0.25) is 9.48 Å². The van der Waals surface area contributed by atoms with Crippen molar-refractivity contribution in [1.29, 1.82) is 0 Å². The molecule has 170 valence electrons. The summed E-state index contributed by atoms with van der Waals surface area (Å²) in [6, 6.07) is 10.1. The molecule has 2 aromatic carbocycles. The van der Waals surface area contributed by atoms with Gasteiger partial charge in [0.05, 0.1) is 17.0 Å². The van der Waals surface area contributed by atoms with Crippen molar-refractivity contribution < 1.29 is 13.6 Å². The van der Waals surface area contributed by atoms with Gasteiger partial charge in [0.25, 0.3) is 0 Å². The highest BCUT2D eigenvalue weighted by atomic mass is 35.5. The van der Waals surface area contributed by atoms with E-state index in [9.17, 15) is 13.6 Å². The van der Waals surface area contributed by atoms with Crippen LogP contribution in [-0.4, -0.2) is 36.2 Å².